The van der Waals surface area contributed by atoms with Gasteiger partial charge in [0.1, 0.15) is 0 Å². The molecule has 0 radical (unpaired) electrons. The molecule has 2 atom stereocenters. The van der Waals surface area contributed by atoms with Crippen molar-refractivity contribution >= 4 is 15.0 Å². The average molecular weight is 191 g/mol. The van der Waals surface area contributed by atoms with E-state index < -0.39 is 0 Å². The first-order valence-electron chi connectivity index (χ1n) is 4.02. The van der Waals surface area contributed by atoms with Gasteiger partial charge in [0.2, 0.25) is 0 Å². The Morgan fingerprint density at radius 2 is 1.56 bits per heavy atom. The number of hydrogen-bond acceptors (Lipinski definition) is 0. The van der Waals surface area contributed by atoms with Crippen molar-refractivity contribution in [1.29, 1.82) is 0 Å². The van der Waals surface area contributed by atoms with E-state index in [0.29, 0.717) is 0 Å². The van der Waals surface area contributed by atoms with Gasteiger partial charge in [-0.2, -0.15) is 0 Å². The van der Waals surface area contributed by atoms with Crippen LogP contribution in [0.3, 0.4) is 0 Å². The van der Waals surface area contributed by atoms with Crippen molar-refractivity contribution in [3.05, 3.63) is 0 Å². The third-order valence-corrected chi connectivity index (χ3v) is 6.11. The van der Waals surface area contributed by atoms with Crippen LogP contribution in [0.15, 0.2) is 0 Å². The van der Waals surface area contributed by atoms with E-state index in [-0.39, 0.29) is 0 Å². The molecule has 0 aromatic rings. The first-order chi connectivity index (χ1) is 4.36. The van der Waals surface area contributed by atoms with Crippen LogP contribution in [0.4, 0.5) is 0 Å². The standard InChI is InChI=1S/C8H16Se/c1-3-7-5-6-8(4-2)9-7/h7-8H,3-6H2,1-2H3. The van der Waals surface area contributed by atoms with Gasteiger partial charge in [0.25, 0.3) is 0 Å². The maximum absolute atomic E-state index is 2.34. The summed E-state index contributed by atoms with van der Waals surface area (Å²) in [6.45, 7) is 4.68. The normalized spacial score (nSPS) is 35.3. The summed E-state index contributed by atoms with van der Waals surface area (Å²) in [6, 6.07) is 0. The summed E-state index contributed by atoms with van der Waals surface area (Å²) in [4.78, 5) is 2.28. The monoisotopic (exact) mass is 192 g/mol. The molecule has 0 aliphatic carbocycles. The Morgan fingerprint density at radius 3 is 1.78 bits per heavy atom. The molecule has 0 spiro atoms. The van der Waals surface area contributed by atoms with Crippen molar-refractivity contribution in [2.24, 2.45) is 0 Å². The Hall–Kier alpha value is 0.519. The molecule has 54 valence electrons. The van der Waals surface area contributed by atoms with Crippen molar-refractivity contribution in [3.8, 4) is 0 Å². The molecule has 1 heteroatoms. The number of hydrogen-bond donors (Lipinski definition) is 0. The predicted octanol–water partition coefficient (Wildman–Crippen LogP) is 2.88. The van der Waals surface area contributed by atoms with Gasteiger partial charge >= 0.3 is 64.1 Å². The Morgan fingerprint density at radius 1 is 1.11 bits per heavy atom. The molecule has 0 nitrogen and oxygen atoms in total. The van der Waals surface area contributed by atoms with Gasteiger partial charge in [-0.1, -0.05) is 0 Å². The molecule has 1 saturated heterocycles. The average Bonchev–Trinajstić information content (AvgIpc) is 2.34. The Balaban J connectivity index is 2.20. The molecule has 0 amide bonds. The second kappa shape index (κ2) is 3.63. The van der Waals surface area contributed by atoms with Crippen molar-refractivity contribution in [1.82, 2.24) is 0 Å². The third-order valence-electron chi connectivity index (χ3n) is 2.11. The summed E-state index contributed by atoms with van der Waals surface area (Å²) in [6.07, 6.45) is 5.96. The zero-order valence-corrected chi connectivity index (χ0v) is 8.10. The Labute approximate surface area is 64.6 Å². The molecule has 0 saturated carbocycles. The fraction of sp³-hybridized carbons (Fsp3) is 1.00. The van der Waals surface area contributed by atoms with E-state index in [1.54, 1.807) is 0 Å². The molecule has 1 fully saturated rings. The van der Waals surface area contributed by atoms with Crippen molar-refractivity contribution in [2.75, 3.05) is 0 Å². The summed E-state index contributed by atoms with van der Waals surface area (Å²) >= 11 is 1.00. The van der Waals surface area contributed by atoms with Gasteiger partial charge in [0, 0.05) is 0 Å². The van der Waals surface area contributed by atoms with Gasteiger partial charge in [0.15, 0.2) is 0 Å². The van der Waals surface area contributed by atoms with Crippen LogP contribution < -0.4 is 0 Å². The van der Waals surface area contributed by atoms with Gasteiger partial charge in [-0.15, -0.1) is 0 Å². The zero-order chi connectivity index (χ0) is 6.69. The molecular weight excluding hydrogens is 175 g/mol. The summed E-state index contributed by atoms with van der Waals surface area (Å²) < 4.78 is 0. The molecule has 0 aromatic carbocycles. The van der Waals surface area contributed by atoms with Crippen LogP contribution in [-0.2, 0) is 0 Å². The second-order valence-corrected chi connectivity index (χ2v) is 6.14. The van der Waals surface area contributed by atoms with Crippen LogP contribution in [0.5, 0.6) is 0 Å². The molecule has 1 heterocycles. The van der Waals surface area contributed by atoms with E-state index >= 15 is 0 Å². The molecule has 0 N–H and O–H groups in total. The second-order valence-electron chi connectivity index (χ2n) is 2.77. The van der Waals surface area contributed by atoms with Crippen LogP contribution in [0.25, 0.3) is 0 Å². The molecule has 1 rings (SSSR count). The summed E-state index contributed by atoms with van der Waals surface area (Å²) in [5, 5.41) is 0. The van der Waals surface area contributed by atoms with E-state index in [4.69, 9.17) is 0 Å². The van der Waals surface area contributed by atoms with Crippen LogP contribution in [0.2, 0.25) is 9.63 Å². The first kappa shape index (κ1) is 7.62. The summed E-state index contributed by atoms with van der Waals surface area (Å²) in [5.41, 5.74) is 0. The third kappa shape index (κ3) is 1.98. The Bertz CT molecular complexity index is 70.6. The van der Waals surface area contributed by atoms with E-state index in [1.807, 2.05) is 0 Å². The molecule has 9 heavy (non-hydrogen) atoms. The van der Waals surface area contributed by atoms with Crippen molar-refractivity contribution in [3.63, 3.8) is 0 Å². The van der Waals surface area contributed by atoms with E-state index in [0.717, 1.165) is 24.6 Å². The van der Waals surface area contributed by atoms with Crippen molar-refractivity contribution in [2.45, 2.75) is 49.2 Å². The zero-order valence-electron chi connectivity index (χ0n) is 6.39. The molecule has 0 aromatic heterocycles. The number of rotatable bonds is 2. The quantitative estimate of drug-likeness (QED) is 0.589. The van der Waals surface area contributed by atoms with Crippen molar-refractivity contribution < 1.29 is 0 Å². The first-order valence-corrected chi connectivity index (χ1v) is 6.00. The molecule has 2 unspecified atom stereocenters. The van der Waals surface area contributed by atoms with Crippen LogP contribution >= 0.6 is 0 Å². The van der Waals surface area contributed by atoms with Crippen LogP contribution in [0.1, 0.15) is 39.5 Å². The minimum atomic E-state index is 1.00. The fourth-order valence-electron chi connectivity index (χ4n) is 1.38. The SMILES string of the molecule is CCC1CCC(CC)[Se]1. The predicted molar refractivity (Wildman–Crippen MR) is 43.1 cm³/mol. The van der Waals surface area contributed by atoms with E-state index in [2.05, 4.69) is 13.8 Å². The van der Waals surface area contributed by atoms with Crippen LogP contribution in [-0.4, -0.2) is 15.0 Å². The van der Waals surface area contributed by atoms with Gasteiger partial charge in [-0.3, -0.25) is 0 Å². The van der Waals surface area contributed by atoms with Gasteiger partial charge in [0.05, 0.1) is 0 Å². The summed E-state index contributed by atoms with van der Waals surface area (Å²) in [7, 11) is 0. The van der Waals surface area contributed by atoms with E-state index in [1.165, 1.54) is 25.7 Å². The maximum atomic E-state index is 2.34. The Kier molecular flexibility index (Phi) is 3.08. The molecular formula is C8H16Se. The molecule has 1 aliphatic rings. The van der Waals surface area contributed by atoms with Gasteiger partial charge < -0.3 is 0 Å². The van der Waals surface area contributed by atoms with Gasteiger partial charge in [-0.25, -0.2) is 0 Å². The fourth-order valence-corrected chi connectivity index (χ4v) is 4.47. The van der Waals surface area contributed by atoms with E-state index in [9.17, 15) is 0 Å². The molecule has 1 aliphatic heterocycles. The topological polar surface area (TPSA) is 0 Å². The van der Waals surface area contributed by atoms with Gasteiger partial charge in [-0.05, 0) is 0 Å². The minimum absolute atomic E-state index is 1.00. The summed E-state index contributed by atoms with van der Waals surface area (Å²) in [5.74, 6) is 0. The van der Waals surface area contributed by atoms with Crippen LogP contribution in [0, 0.1) is 0 Å². The molecule has 0 bridgehead atoms.